The Bertz CT molecular complexity index is 615. The van der Waals surface area contributed by atoms with Crippen LogP contribution in [0.25, 0.3) is 0 Å². The number of carbonyl (C=O) groups is 2. The number of hydrogen-bond donors (Lipinski definition) is 1. The van der Waals surface area contributed by atoms with Crippen LogP contribution in [0.5, 0.6) is 0 Å². The van der Waals surface area contributed by atoms with Gasteiger partial charge in [0.1, 0.15) is 0 Å². The van der Waals surface area contributed by atoms with Crippen LogP contribution >= 0.6 is 11.6 Å². The molecule has 4 nitrogen and oxygen atoms in total. The van der Waals surface area contributed by atoms with E-state index in [9.17, 15) is 22.8 Å². The zero-order valence-corrected chi connectivity index (χ0v) is 13.2. The van der Waals surface area contributed by atoms with Crippen molar-refractivity contribution in [2.24, 2.45) is 5.92 Å². The Morgan fingerprint density at radius 2 is 2.00 bits per heavy atom. The molecule has 0 aliphatic heterocycles. The van der Waals surface area contributed by atoms with Gasteiger partial charge in [-0.1, -0.05) is 11.6 Å². The van der Waals surface area contributed by atoms with E-state index in [4.69, 9.17) is 11.6 Å². The molecular formula is C15H16ClF3N2O2. The zero-order chi connectivity index (χ0) is 17.2. The van der Waals surface area contributed by atoms with Crippen LogP contribution in [-0.2, 0) is 15.8 Å². The average molecular weight is 349 g/mol. The van der Waals surface area contributed by atoms with Gasteiger partial charge in [0.2, 0.25) is 11.8 Å². The summed E-state index contributed by atoms with van der Waals surface area (Å²) in [6, 6.07) is 3.30. The summed E-state index contributed by atoms with van der Waals surface area (Å²) in [5.74, 6) is -0.463. The molecule has 0 saturated heterocycles. The number of nitrogens with zero attached hydrogens (tertiary/aromatic N) is 1. The van der Waals surface area contributed by atoms with Gasteiger partial charge < -0.3 is 10.2 Å². The molecule has 126 valence electrons. The van der Waals surface area contributed by atoms with Crippen LogP contribution < -0.4 is 10.2 Å². The van der Waals surface area contributed by atoms with Gasteiger partial charge >= 0.3 is 6.18 Å². The molecule has 0 bridgehead atoms. The summed E-state index contributed by atoms with van der Waals surface area (Å²) in [6.45, 7) is 1.52. The highest BCUT2D eigenvalue weighted by Crippen LogP contribution is 2.37. The molecule has 1 aliphatic carbocycles. The van der Waals surface area contributed by atoms with Gasteiger partial charge in [-0.3, -0.25) is 9.59 Å². The Morgan fingerprint density at radius 1 is 1.35 bits per heavy atom. The summed E-state index contributed by atoms with van der Waals surface area (Å²) in [5, 5.41) is 2.25. The van der Waals surface area contributed by atoms with Crippen LogP contribution in [0.3, 0.4) is 0 Å². The molecule has 0 heterocycles. The molecule has 1 fully saturated rings. The number of anilines is 1. The maximum Gasteiger partial charge on any atom is 0.417 e. The standard InChI is InChI=1S/C15H16ClF3N2O2/c1-9(22)21(7-6-20-14(23)10-2-3-10)11-4-5-13(16)12(8-11)15(17,18)19/h4-5,8,10H,2-3,6-7H2,1H3,(H,20,23). The smallest absolute Gasteiger partial charge is 0.354 e. The number of nitrogens with one attached hydrogen (secondary N) is 1. The van der Waals surface area contributed by atoms with Gasteiger partial charge in [0.25, 0.3) is 0 Å². The third kappa shape index (κ3) is 4.60. The van der Waals surface area contributed by atoms with Crippen molar-refractivity contribution in [2.45, 2.75) is 25.9 Å². The van der Waals surface area contributed by atoms with Crippen molar-refractivity contribution in [1.82, 2.24) is 5.32 Å². The molecule has 1 aromatic carbocycles. The van der Waals surface area contributed by atoms with Gasteiger partial charge in [0.15, 0.2) is 0 Å². The highest BCUT2D eigenvalue weighted by Gasteiger charge is 2.34. The third-order valence-electron chi connectivity index (χ3n) is 3.53. The minimum absolute atomic E-state index is 0.0353. The first-order valence-electron chi connectivity index (χ1n) is 7.12. The summed E-state index contributed by atoms with van der Waals surface area (Å²) in [6.07, 6.45) is -2.89. The highest BCUT2D eigenvalue weighted by atomic mass is 35.5. The van der Waals surface area contributed by atoms with E-state index in [-0.39, 0.29) is 30.6 Å². The molecule has 1 aliphatic rings. The summed E-state index contributed by atoms with van der Waals surface area (Å²) in [4.78, 5) is 24.4. The van der Waals surface area contributed by atoms with Gasteiger partial charge in [-0.2, -0.15) is 13.2 Å². The maximum atomic E-state index is 12.9. The molecule has 0 radical (unpaired) electrons. The number of hydrogen-bond acceptors (Lipinski definition) is 2. The number of halogens is 4. The molecule has 1 N–H and O–H groups in total. The second kappa shape index (κ2) is 6.78. The molecule has 23 heavy (non-hydrogen) atoms. The van der Waals surface area contributed by atoms with Gasteiger partial charge in [0, 0.05) is 31.6 Å². The monoisotopic (exact) mass is 348 g/mol. The molecule has 0 unspecified atom stereocenters. The molecule has 0 atom stereocenters. The zero-order valence-electron chi connectivity index (χ0n) is 12.4. The molecule has 8 heteroatoms. The topological polar surface area (TPSA) is 49.4 Å². The summed E-state index contributed by atoms with van der Waals surface area (Å²) in [7, 11) is 0. The highest BCUT2D eigenvalue weighted by molar-refractivity contribution is 6.31. The lowest BCUT2D eigenvalue weighted by Gasteiger charge is -2.23. The number of amides is 2. The first-order chi connectivity index (χ1) is 10.7. The normalized spacial score (nSPS) is 14.5. The minimum Gasteiger partial charge on any atom is -0.354 e. The first-order valence-corrected chi connectivity index (χ1v) is 7.50. The largest absolute Gasteiger partial charge is 0.417 e. The van der Waals surface area contributed by atoms with Crippen LogP contribution in [0, 0.1) is 5.92 Å². The van der Waals surface area contributed by atoms with Gasteiger partial charge in [0.05, 0.1) is 10.6 Å². The van der Waals surface area contributed by atoms with E-state index in [1.54, 1.807) is 0 Å². The summed E-state index contributed by atoms with van der Waals surface area (Å²) < 4.78 is 38.7. The SMILES string of the molecule is CC(=O)N(CCNC(=O)C1CC1)c1ccc(Cl)c(C(F)(F)F)c1. The number of rotatable bonds is 5. The van der Waals surface area contributed by atoms with E-state index in [0.29, 0.717) is 0 Å². The van der Waals surface area contributed by atoms with Crippen molar-refractivity contribution in [3.63, 3.8) is 0 Å². The van der Waals surface area contributed by atoms with E-state index in [1.807, 2.05) is 0 Å². The van der Waals surface area contributed by atoms with E-state index in [1.165, 1.54) is 17.9 Å². The predicted molar refractivity (Wildman–Crippen MR) is 80.2 cm³/mol. The van der Waals surface area contributed by atoms with E-state index in [2.05, 4.69) is 5.32 Å². The fraction of sp³-hybridized carbons (Fsp3) is 0.467. The summed E-state index contributed by atoms with van der Waals surface area (Å²) in [5.41, 5.74) is -0.903. The van der Waals surface area contributed by atoms with Gasteiger partial charge in [-0.15, -0.1) is 0 Å². The lowest BCUT2D eigenvalue weighted by molar-refractivity contribution is -0.137. The molecule has 0 aromatic heterocycles. The Balaban J connectivity index is 2.10. The lowest BCUT2D eigenvalue weighted by atomic mass is 10.1. The van der Waals surface area contributed by atoms with Crippen molar-refractivity contribution >= 4 is 29.1 Å². The minimum atomic E-state index is -4.60. The van der Waals surface area contributed by atoms with Crippen LogP contribution in [0.15, 0.2) is 18.2 Å². The molecule has 0 spiro atoms. The molecule has 2 amide bonds. The van der Waals surface area contributed by atoms with Gasteiger partial charge in [-0.05, 0) is 31.0 Å². The van der Waals surface area contributed by atoms with Crippen LogP contribution in [0.1, 0.15) is 25.3 Å². The molecular weight excluding hydrogens is 333 g/mol. The van der Waals surface area contributed by atoms with E-state index < -0.39 is 22.7 Å². The Hall–Kier alpha value is -1.76. The second-order valence-electron chi connectivity index (χ2n) is 5.40. The van der Waals surface area contributed by atoms with Crippen molar-refractivity contribution in [2.75, 3.05) is 18.0 Å². The molecule has 2 rings (SSSR count). The van der Waals surface area contributed by atoms with Crippen molar-refractivity contribution in [3.8, 4) is 0 Å². The third-order valence-corrected chi connectivity index (χ3v) is 3.86. The van der Waals surface area contributed by atoms with E-state index in [0.717, 1.165) is 25.0 Å². The van der Waals surface area contributed by atoms with Crippen molar-refractivity contribution < 1.29 is 22.8 Å². The van der Waals surface area contributed by atoms with Crippen molar-refractivity contribution in [3.05, 3.63) is 28.8 Å². The number of carbonyl (C=O) groups excluding carboxylic acids is 2. The average Bonchev–Trinajstić information content (AvgIpc) is 3.27. The Kier molecular flexibility index (Phi) is 5.19. The Labute approximate surface area is 136 Å². The van der Waals surface area contributed by atoms with Crippen LogP contribution in [0.4, 0.5) is 18.9 Å². The number of benzene rings is 1. The van der Waals surface area contributed by atoms with Gasteiger partial charge in [-0.25, -0.2) is 0 Å². The van der Waals surface area contributed by atoms with E-state index >= 15 is 0 Å². The molecule has 1 aromatic rings. The van der Waals surface area contributed by atoms with Crippen molar-refractivity contribution in [1.29, 1.82) is 0 Å². The van der Waals surface area contributed by atoms with Crippen LogP contribution in [-0.4, -0.2) is 24.9 Å². The summed E-state index contributed by atoms with van der Waals surface area (Å²) >= 11 is 5.57. The molecule has 1 saturated carbocycles. The maximum absolute atomic E-state index is 12.9. The quantitative estimate of drug-likeness (QED) is 0.888. The fourth-order valence-electron chi connectivity index (χ4n) is 2.15. The fourth-order valence-corrected chi connectivity index (χ4v) is 2.37. The predicted octanol–water partition coefficient (Wildman–Crippen LogP) is 3.24. The Morgan fingerprint density at radius 3 is 2.52 bits per heavy atom. The first kappa shape index (κ1) is 17.6. The second-order valence-corrected chi connectivity index (χ2v) is 5.81. The number of alkyl halides is 3. The lowest BCUT2D eigenvalue weighted by Crippen LogP contribution is -2.38. The van der Waals surface area contributed by atoms with Crippen LogP contribution in [0.2, 0.25) is 5.02 Å².